The molecule has 0 spiro atoms. The van der Waals surface area contributed by atoms with E-state index in [0.29, 0.717) is 10.7 Å². The molecule has 1 amide bonds. The number of nitrogens with zero attached hydrogens (tertiary/aromatic N) is 1. The molecule has 0 radical (unpaired) electrons. The molecule has 0 bridgehead atoms. The summed E-state index contributed by atoms with van der Waals surface area (Å²) in [7, 11) is 0. The van der Waals surface area contributed by atoms with Crippen LogP contribution < -0.4 is 5.32 Å². The fourth-order valence-corrected chi connectivity index (χ4v) is 4.26. The van der Waals surface area contributed by atoms with Gasteiger partial charge in [0.25, 0.3) is 5.91 Å². The molecular weight excluding hydrogens is 423 g/mol. The van der Waals surface area contributed by atoms with Crippen LogP contribution in [0.4, 0.5) is 9.52 Å². The summed E-state index contributed by atoms with van der Waals surface area (Å²) in [6, 6.07) is 13.8. The third kappa shape index (κ3) is 5.14. The Bertz CT molecular complexity index is 868. The minimum atomic E-state index is -0.223. The average Bonchev–Trinajstić information content (AvgIpc) is 3.04. The highest BCUT2D eigenvalue weighted by atomic mass is 79.9. The van der Waals surface area contributed by atoms with E-state index in [-0.39, 0.29) is 11.7 Å². The van der Waals surface area contributed by atoms with E-state index in [4.69, 9.17) is 0 Å². The Morgan fingerprint density at radius 1 is 1.16 bits per heavy atom. The third-order valence-corrected chi connectivity index (χ3v) is 5.86. The summed E-state index contributed by atoms with van der Waals surface area (Å²) in [4.78, 5) is 16.7. The van der Waals surface area contributed by atoms with E-state index < -0.39 is 0 Å². The van der Waals surface area contributed by atoms with Gasteiger partial charge in [0.05, 0.1) is 11.3 Å². The van der Waals surface area contributed by atoms with Crippen molar-refractivity contribution in [3.63, 3.8) is 0 Å². The van der Waals surface area contributed by atoms with E-state index in [1.807, 2.05) is 23.6 Å². The zero-order valence-corrected chi connectivity index (χ0v) is 16.3. The lowest BCUT2D eigenvalue weighted by Gasteiger charge is -2.03. The second-order valence-electron chi connectivity index (χ2n) is 5.20. The molecule has 0 unspecified atom stereocenters. The summed E-state index contributed by atoms with van der Waals surface area (Å²) in [6.07, 6.45) is 0. The highest BCUT2D eigenvalue weighted by Crippen LogP contribution is 2.23. The van der Waals surface area contributed by atoms with Gasteiger partial charge in [-0.25, -0.2) is 9.37 Å². The normalized spacial score (nSPS) is 10.6. The number of aromatic nitrogens is 1. The standard InChI is InChI=1S/C18H14BrFN2OS2/c19-16-4-2-1-3-15(16)17(23)22-18-21-14(11-25-18)10-24-9-12-5-7-13(20)8-6-12/h1-8,11H,9-10H2,(H,21,22,23). The lowest BCUT2D eigenvalue weighted by Crippen LogP contribution is -2.12. The van der Waals surface area contributed by atoms with Gasteiger partial charge in [-0.3, -0.25) is 10.1 Å². The zero-order chi connectivity index (χ0) is 17.6. The molecule has 0 fully saturated rings. The highest BCUT2D eigenvalue weighted by Gasteiger charge is 2.11. The molecule has 3 nitrogen and oxygen atoms in total. The topological polar surface area (TPSA) is 42.0 Å². The Morgan fingerprint density at radius 3 is 2.68 bits per heavy atom. The van der Waals surface area contributed by atoms with E-state index in [9.17, 15) is 9.18 Å². The van der Waals surface area contributed by atoms with Gasteiger partial charge in [-0.15, -0.1) is 11.3 Å². The van der Waals surface area contributed by atoms with Gasteiger partial charge in [-0.2, -0.15) is 11.8 Å². The lowest BCUT2D eigenvalue weighted by molar-refractivity contribution is 0.102. The predicted octanol–water partition coefficient (Wildman–Crippen LogP) is 5.73. The maximum atomic E-state index is 12.9. The van der Waals surface area contributed by atoms with Crippen molar-refractivity contribution < 1.29 is 9.18 Å². The number of halogens is 2. The van der Waals surface area contributed by atoms with Crippen molar-refractivity contribution >= 4 is 50.1 Å². The zero-order valence-electron chi connectivity index (χ0n) is 13.0. The van der Waals surface area contributed by atoms with Crippen LogP contribution >= 0.6 is 39.0 Å². The van der Waals surface area contributed by atoms with Crippen molar-refractivity contribution in [3.8, 4) is 0 Å². The number of thioether (sulfide) groups is 1. The van der Waals surface area contributed by atoms with Crippen molar-refractivity contribution in [1.29, 1.82) is 0 Å². The summed E-state index contributed by atoms with van der Waals surface area (Å²) < 4.78 is 13.6. The van der Waals surface area contributed by atoms with Crippen molar-refractivity contribution in [1.82, 2.24) is 4.98 Å². The van der Waals surface area contributed by atoms with Crippen LogP contribution in [-0.4, -0.2) is 10.9 Å². The van der Waals surface area contributed by atoms with Crippen LogP contribution in [0.5, 0.6) is 0 Å². The molecule has 0 aliphatic heterocycles. The van der Waals surface area contributed by atoms with Crippen LogP contribution in [0.1, 0.15) is 21.6 Å². The minimum Gasteiger partial charge on any atom is -0.298 e. The molecule has 128 valence electrons. The smallest absolute Gasteiger partial charge is 0.258 e. The molecule has 0 saturated carbocycles. The molecule has 0 atom stereocenters. The van der Waals surface area contributed by atoms with Crippen LogP contribution in [0.15, 0.2) is 58.4 Å². The van der Waals surface area contributed by atoms with E-state index >= 15 is 0 Å². The van der Waals surface area contributed by atoms with Gasteiger partial charge >= 0.3 is 0 Å². The van der Waals surface area contributed by atoms with Crippen LogP contribution in [0.25, 0.3) is 0 Å². The summed E-state index contributed by atoms with van der Waals surface area (Å²) in [6.45, 7) is 0. The second kappa shape index (κ2) is 8.60. The van der Waals surface area contributed by atoms with E-state index in [2.05, 4.69) is 26.2 Å². The molecule has 0 aliphatic rings. The molecule has 0 aliphatic carbocycles. The number of hydrogen-bond donors (Lipinski definition) is 1. The number of benzene rings is 2. The predicted molar refractivity (Wildman–Crippen MR) is 106 cm³/mol. The van der Waals surface area contributed by atoms with Gasteiger partial charge in [0.15, 0.2) is 5.13 Å². The first-order valence-corrected chi connectivity index (χ1v) is 10.3. The van der Waals surface area contributed by atoms with E-state index in [0.717, 1.165) is 27.2 Å². The number of amides is 1. The lowest BCUT2D eigenvalue weighted by atomic mass is 10.2. The van der Waals surface area contributed by atoms with Gasteiger partial charge in [-0.05, 0) is 45.8 Å². The van der Waals surface area contributed by atoms with Crippen molar-refractivity contribution in [2.24, 2.45) is 0 Å². The monoisotopic (exact) mass is 436 g/mol. The molecule has 1 aromatic heterocycles. The van der Waals surface area contributed by atoms with Crippen LogP contribution in [-0.2, 0) is 11.5 Å². The van der Waals surface area contributed by atoms with Gasteiger partial charge in [0, 0.05) is 21.4 Å². The quantitative estimate of drug-likeness (QED) is 0.536. The number of hydrogen-bond acceptors (Lipinski definition) is 4. The van der Waals surface area contributed by atoms with Crippen molar-refractivity contribution in [3.05, 3.63) is 81.0 Å². The van der Waals surface area contributed by atoms with E-state index in [1.165, 1.54) is 23.5 Å². The number of carbonyl (C=O) groups is 1. The van der Waals surface area contributed by atoms with Gasteiger partial charge < -0.3 is 0 Å². The number of carbonyl (C=O) groups excluding carboxylic acids is 1. The molecule has 3 aromatic rings. The molecular formula is C18H14BrFN2OS2. The highest BCUT2D eigenvalue weighted by molar-refractivity contribution is 9.10. The molecule has 0 saturated heterocycles. The van der Waals surface area contributed by atoms with Gasteiger partial charge in [-0.1, -0.05) is 24.3 Å². The first-order chi connectivity index (χ1) is 12.1. The Labute approximate surface area is 161 Å². The van der Waals surface area contributed by atoms with E-state index in [1.54, 1.807) is 30.0 Å². The van der Waals surface area contributed by atoms with Gasteiger partial charge in [0.1, 0.15) is 5.82 Å². The van der Waals surface area contributed by atoms with Gasteiger partial charge in [0.2, 0.25) is 0 Å². The van der Waals surface area contributed by atoms with Crippen LogP contribution in [0.3, 0.4) is 0 Å². The largest absolute Gasteiger partial charge is 0.298 e. The minimum absolute atomic E-state index is 0.188. The Hall–Kier alpha value is -1.70. The maximum Gasteiger partial charge on any atom is 0.258 e. The van der Waals surface area contributed by atoms with Crippen LogP contribution in [0.2, 0.25) is 0 Å². The summed E-state index contributed by atoms with van der Waals surface area (Å²) in [5.74, 6) is 1.11. The fraction of sp³-hybridized carbons (Fsp3) is 0.111. The Balaban J connectivity index is 1.53. The summed E-state index contributed by atoms with van der Waals surface area (Å²) in [5.41, 5.74) is 2.56. The fourth-order valence-electron chi connectivity index (χ4n) is 2.09. The first-order valence-electron chi connectivity index (χ1n) is 7.44. The number of anilines is 1. The average molecular weight is 437 g/mol. The Kier molecular flexibility index (Phi) is 6.23. The molecule has 3 rings (SSSR count). The number of nitrogens with one attached hydrogen (secondary N) is 1. The molecule has 7 heteroatoms. The Morgan fingerprint density at radius 2 is 1.92 bits per heavy atom. The number of thiazole rings is 1. The second-order valence-corrected chi connectivity index (χ2v) is 7.90. The summed E-state index contributed by atoms with van der Waals surface area (Å²) >= 11 is 6.47. The molecule has 1 N–H and O–H groups in total. The number of rotatable bonds is 6. The SMILES string of the molecule is O=C(Nc1nc(CSCc2ccc(F)cc2)cs1)c1ccccc1Br. The third-order valence-electron chi connectivity index (χ3n) is 3.32. The molecule has 25 heavy (non-hydrogen) atoms. The summed E-state index contributed by atoms with van der Waals surface area (Å²) in [5, 5.41) is 5.34. The van der Waals surface area contributed by atoms with Crippen molar-refractivity contribution in [2.75, 3.05) is 5.32 Å². The molecule has 2 aromatic carbocycles. The maximum absolute atomic E-state index is 12.9. The first kappa shape index (κ1) is 18.1. The molecule has 1 heterocycles. The van der Waals surface area contributed by atoms with Crippen molar-refractivity contribution in [2.45, 2.75) is 11.5 Å². The van der Waals surface area contributed by atoms with Crippen LogP contribution in [0, 0.1) is 5.82 Å².